The predicted octanol–water partition coefficient (Wildman–Crippen LogP) is 6.26. The minimum absolute atomic E-state index is 0.172. The molecule has 0 nitrogen and oxygen atoms in total. The van der Waals surface area contributed by atoms with Crippen LogP contribution in [0.25, 0.3) is 0 Å². The molecule has 1 heteroatoms. The third-order valence-corrected chi connectivity index (χ3v) is 5.16. The Morgan fingerprint density at radius 3 is 2.05 bits per heavy atom. The molecule has 0 saturated heterocycles. The molecule has 0 aliphatic heterocycles. The molecule has 1 aromatic carbocycles. The lowest BCUT2D eigenvalue weighted by Gasteiger charge is -2.24. The number of benzene rings is 1. The van der Waals surface area contributed by atoms with Gasteiger partial charge in [0.15, 0.2) is 0 Å². The average molecular weight is 279 g/mol. The summed E-state index contributed by atoms with van der Waals surface area (Å²) in [5, 5.41) is 0.172. The Kier molecular flexibility index (Phi) is 4.61. The van der Waals surface area contributed by atoms with Gasteiger partial charge in [-0.2, -0.15) is 0 Å². The zero-order valence-corrected chi connectivity index (χ0v) is 13.7. The number of rotatable bonds is 5. The summed E-state index contributed by atoms with van der Waals surface area (Å²) >= 11 is 6.77. The second-order valence-electron chi connectivity index (χ2n) is 6.80. The first-order valence-electron chi connectivity index (χ1n) is 7.69. The Labute approximate surface area is 123 Å². The minimum atomic E-state index is 0.172. The lowest BCUT2D eigenvalue weighted by atomic mass is 9.86. The van der Waals surface area contributed by atoms with E-state index in [-0.39, 0.29) is 5.38 Å². The highest BCUT2D eigenvalue weighted by Gasteiger charge is 2.34. The van der Waals surface area contributed by atoms with Crippen molar-refractivity contribution in [3.05, 3.63) is 34.9 Å². The van der Waals surface area contributed by atoms with Gasteiger partial charge >= 0.3 is 0 Å². The standard InChI is InChI=1S/C18H27Cl/c1-11(2)15-8-9-16(17(10-15)12(3)4)18(19)13(5)14-6-7-14/h8-14,18H,6-7H2,1-5H3. The zero-order chi connectivity index (χ0) is 14.2. The van der Waals surface area contributed by atoms with Crippen LogP contribution in [-0.2, 0) is 0 Å². The fraction of sp³-hybridized carbons (Fsp3) is 0.667. The molecule has 1 aliphatic rings. The van der Waals surface area contributed by atoms with Gasteiger partial charge in [0, 0.05) is 0 Å². The van der Waals surface area contributed by atoms with E-state index in [1.165, 1.54) is 29.5 Å². The van der Waals surface area contributed by atoms with Crippen molar-refractivity contribution in [3.8, 4) is 0 Å². The first-order valence-corrected chi connectivity index (χ1v) is 8.13. The molecule has 0 aromatic heterocycles. The largest absolute Gasteiger partial charge is 0.118 e. The van der Waals surface area contributed by atoms with Gasteiger partial charge in [-0.1, -0.05) is 52.8 Å². The Bertz CT molecular complexity index is 429. The molecule has 106 valence electrons. The van der Waals surface area contributed by atoms with Gasteiger partial charge in [0.1, 0.15) is 0 Å². The topological polar surface area (TPSA) is 0 Å². The number of halogens is 1. The van der Waals surface area contributed by atoms with Crippen LogP contribution in [0, 0.1) is 11.8 Å². The van der Waals surface area contributed by atoms with Crippen LogP contribution < -0.4 is 0 Å². The number of hydrogen-bond donors (Lipinski definition) is 0. The van der Waals surface area contributed by atoms with Crippen molar-refractivity contribution in [1.82, 2.24) is 0 Å². The Balaban J connectivity index is 2.32. The quantitative estimate of drug-likeness (QED) is 0.558. The van der Waals surface area contributed by atoms with Crippen molar-refractivity contribution in [2.24, 2.45) is 11.8 Å². The van der Waals surface area contributed by atoms with E-state index >= 15 is 0 Å². The summed E-state index contributed by atoms with van der Waals surface area (Å²) in [5.41, 5.74) is 4.23. The minimum Gasteiger partial charge on any atom is -0.118 e. The lowest BCUT2D eigenvalue weighted by Crippen LogP contribution is -2.10. The normalized spacial score (nSPS) is 18.9. The fourth-order valence-corrected chi connectivity index (χ4v) is 3.25. The van der Waals surface area contributed by atoms with Gasteiger partial charge in [-0.15, -0.1) is 11.6 Å². The molecule has 0 spiro atoms. The maximum atomic E-state index is 6.77. The molecule has 19 heavy (non-hydrogen) atoms. The monoisotopic (exact) mass is 278 g/mol. The van der Waals surface area contributed by atoms with Gasteiger partial charge in [-0.25, -0.2) is 0 Å². The van der Waals surface area contributed by atoms with E-state index in [0.29, 0.717) is 17.8 Å². The van der Waals surface area contributed by atoms with Crippen LogP contribution in [-0.4, -0.2) is 0 Å². The van der Waals surface area contributed by atoms with Crippen LogP contribution in [0.2, 0.25) is 0 Å². The molecule has 0 amide bonds. The van der Waals surface area contributed by atoms with Crippen molar-refractivity contribution in [2.75, 3.05) is 0 Å². The van der Waals surface area contributed by atoms with Crippen molar-refractivity contribution in [3.63, 3.8) is 0 Å². The lowest BCUT2D eigenvalue weighted by molar-refractivity contribution is 0.488. The van der Waals surface area contributed by atoms with E-state index in [1.54, 1.807) is 0 Å². The summed E-state index contributed by atoms with van der Waals surface area (Å²) in [6.45, 7) is 11.4. The molecule has 0 radical (unpaired) electrons. The van der Waals surface area contributed by atoms with Gasteiger partial charge in [-0.05, 0) is 53.2 Å². The fourth-order valence-electron chi connectivity index (χ4n) is 2.85. The van der Waals surface area contributed by atoms with Crippen molar-refractivity contribution >= 4 is 11.6 Å². The van der Waals surface area contributed by atoms with Crippen LogP contribution in [0.1, 0.15) is 81.4 Å². The van der Waals surface area contributed by atoms with Crippen LogP contribution in [0.3, 0.4) is 0 Å². The Morgan fingerprint density at radius 2 is 1.58 bits per heavy atom. The van der Waals surface area contributed by atoms with Gasteiger partial charge in [-0.3, -0.25) is 0 Å². The first kappa shape index (κ1) is 14.9. The van der Waals surface area contributed by atoms with Crippen molar-refractivity contribution in [2.45, 2.75) is 64.7 Å². The summed E-state index contributed by atoms with van der Waals surface area (Å²) in [6.07, 6.45) is 2.73. The van der Waals surface area contributed by atoms with Gasteiger partial charge in [0.2, 0.25) is 0 Å². The summed E-state index contributed by atoms with van der Waals surface area (Å²) < 4.78 is 0. The van der Waals surface area contributed by atoms with E-state index in [1.807, 2.05) is 0 Å². The van der Waals surface area contributed by atoms with Crippen LogP contribution >= 0.6 is 11.6 Å². The molecule has 2 atom stereocenters. The van der Waals surface area contributed by atoms with E-state index in [4.69, 9.17) is 11.6 Å². The molecule has 0 heterocycles. The Morgan fingerprint density at radius 1 is 0.947 bits per heavy atom. The van der Waals surface area contributed by atoms with Gasteiger partial charge < -0.3 is 0 Å². The Hall–Kier alpha value is -0.490. The predicted molar refractivity (Wildman–Crippen MR) is 85.1 cm³/mol. The molecule has 0 bridgehead atoms. The molecule has 1 aliphatic carbocycles. The molecule has 1 fully saturated rings. The van der Waals surface area contributed by atoms with E-state index in [9.17, 15) is 0 Å². The van der Waals surface area contributed by atoms with Crippen LogP contribution in [0.15, 0.2) is 18.2 Å². The van der Waals surface area contributed by atoms with Crippen LogP contribution in [0.4, 0.5) is 0 Å². The van der Waals surface area contributed by atoms with E-state index < -0.39 is 0 Å². The van der Waals surface area contributed by atoms with E-state index in [2.05, 4.69) is 52.8 Å². The highest BCUT2D eigenvalue weighted by molar-refractivity contribution is 6.21. The second kappa shape index (κ2) is 5.87. The average Bonchev–Trinajstić information content (AvgIpc) is 3.20. The summed E-state index contributed by atoms with van der Waals surface area (Å²) in [4.78, 5) is 0. The van der Waals surface area contributed by atoms with Crippen molar-refractivity contribution < 1.29 is 0 Å². The number of hydrogen-bond acceptors (Lipinski definition) is 0. The highest BCUT2D eigenvalue weighted by Crippen LogP contribution is 2.46. The maximum Gasteiger partial charge on any atom is 0.0616 e. The molecule has 0 N–H and O–H groups in total. The SMILES string of the molecule is CC(C)c1ccc(C(Cl)C(C)C2CC2)c(C(C)C)c1. The summed E-state index contributed by atoms with van der Waals surface area (Å²) in [6, 6.07) is 6.92. The third kappa shape index (κ3) is 3.34. The smallest absolute Gasteiger partial charge is 0.0616 e. The highest BCUT2D eigenvalue weighted by atomic mass is 35.5. The van der Waals surface area contributed by atoms with Crippen LogP contribution in [0.5, 0.6) is 0 Å². The molecular formula is C18H27Cl. The maximum absolute atomic E-state index is 6.77. The molecule has 1 aromatic rings. The van der Waals surface area contributed by atoms with Crippen molar-refractivity contribution in [1.29, 1.82) is 0 Å². The summed E-state index contributed by atoms with van der Waals surface area (Å²) in [5.74, 6) is 2.58. The molecule has 2 rings (SSSR count). The van der Waals surface area contributed by atoms with Gasteiger partial charge in [0.05, 0.1) is 5.38 Å². The third-order valence-electron chi connectivity index (χ3n) is 4.52. The second-order valence-corrected chi connectivity index (χ2v) is 7.27. The van der Waals surface area contributed by atoms with Gasteiger partial charge in [0.25, 0.3) is 0 Å². The zero-order valence-electron chi connectivity index (χ0n) is 12.9. The van der Waals surface area contributed by atoms with E-state index in [0.717, 1.165) is 5.92 Å². The number of alkyl halides is 1. The molecular weight excluding hydrogens is 252 g/mol. The molecule has 1 saturated carbocycles. The molecule has 2 unspecified atom stereocenters. The summed E-state index contributed by atoms with van der Waals surface area (Å²) in [7, 11) is 0. The first-order chi connectivity index (χ1) is 8.91.